The molecule has 1 N–H and O–H groups in total. The van der Waals surface area contributed by atoms with Crippen molar-refractivity contribution in [3.05, 3.63) is 57.6 Å². The molecule has 0 bridgehead atoms. The van der Waals surface area contributed by atoms with E-state index in [0.29, 0.717) is 18.8 Å². The molecule has 1 aliphatic rings. The molecule has 1 aromatic heterocycles. The van der Waals surface area contributed by atoms with Gasteiger partial charge in [-0.1, -0.05) is 32.1 Å². The third-order valence-electron chi connectivity index (χ3n) is 4.22. The molecule has 0 saturated carbocycles. The van der Waals surface area contributed by atoms with Crippen LogP contribution in [0.3, 0.4) is 0 Å². The molecule has 1 amide bonds. The predicted octanol–water partition coefficient (Wildman–Crippen LogP) is 4.36. The molecule has 0 saturated heterocycles. The number of H-pyrrole nitrogens is 1. The van der Waals surface area contributed by atoms with Crippen LogP contribution in [0.2, 0.25) is 0 Å². The highest BCUT2D eigenvalue weighted by molar-refractivity contribution is 9.10. The van der Waals surface area contributed by atoms with Gasteiger partial charge in [-0.3, -0.25) is 9.89 Å². The quantitative estimate of drug-likeness (QED) is 0.844. The number of hydrogen-bond acceptors (Lipinski definition) is 2. The Morgan fingerprint density at radius 2 is 2.04 bits per heavy atom. The number of rotatable bonds is 3. The van der Waals surface area contributed by atoms with E-state index in [-0.39, 0.29) is 17.6 Å². The van der Waals surface area contributed by atoms with Crippen LogP contribution in [-0.2, 0) is 0 Å². The monoisotopic (exact) mass is 391 g/mol. The van der Waals surface area contributed by atoms with Crippen LogP contribution in [0.25, 0.3) is 5.57 Å². The van der Waals surface area contributed by atoms with Gasteiger partial charge in [-0.2, -0.15) is 5.10 Å². The van der Waals surface area contributed by atoms with Crippen molar-refractivity contribution in [2.24, 2.45) is 0 Å². The molecule has 2 aromatic rings. The van der Waals surface area contributed by atoms with E-state index in [0.717, 1.165) is 27.7 Å². The van der Waals surface area contributed by atoms with E-state index >= 15 is 0 Å². The van der Waals surface area contributed by atoms with Crippen LogP contribution in [0.4, 0.5) is 4.39 Å². The molecule has 1 aromatic carbocycles. The number of nitrogens with zero attached hydrogens (tertiary/aromatic N) is 2. The zero-order valence-electron chi connectivity index (χ0n) is 13.6. The number of carbonyl (C=O) groups excluding carboxylic acids is 1. The Hall–Kier alpha value is -1.95. The molecule has 126 valence electrons. The molecular weight excluding hydrogens is 373 g/mol. The van der Waals surface area contributed by atoms with Crippen LogP contribution in [-0.4, -0.2) is 34.1 Å². The average Bonchev–Trinajstić information content (AvgIpc) is 2.97. The van der Waals surface area contributed by atoms with Gasteiger partial charge >= 0.3 is 0 Å². The lowest BCUT2D eigenvalue weighted by Crippen LogP contribution is -2.35. The molecule has 4 nitrogen and oxygen atoms in total. The lowest BCUT2D eigenvalue weighted by Gasteiger charge is -2.26. The fourth-order valence-corrected chi connectivity index (χ4v) is 3.60. The summed E-state index contributed by atoms with van der Waals surface area (Å²) in [6.45, 7) is 5.25. The van der Waals surface area contributed by atoms with E-state index in [4.69, 9.17) is 0 Å². The standard InChI is InChI=1S/C18H19BrFN3O/c1-11(2)16-15(19)17(22-21-16)18(24)23-9-7-13(8-10-23)12-3-5-14(20)6-4-12/h3-7,11H,8-10H2,1-2H3,(H,21,22). The highest BCUT2D eigenvalue weighted by Gasteiger charge is 2.25. The van der Waals surface area contributed by atoms with Crippen LogP contribution >= 0.6 is 15.9 Å². The highest BCUT2D eigenvalue weighted by Crippen LogP contribution is 2.28. The molecule has 1 aliphatic heterocycles. The molecule has 6 heteroatoms. The van der Waals surface area contributed by atoms with Crippen molar-refractivity contribution in [1.29, 1.82) is 0 Å². The number of aromatic nitrogens is 2. The SMILES string of the molecule is CC(C)c1[nH]nc(C(=O)N2CC=C(c3ccc(F)cc3)CC2)c1Br. The first kappa shape index (κ1) is 16.9. The van der Waals surface area contributed by atoms with Crippen molar-refractivity contribution in [3.63, 3.8) is 0 Å². The maximum absolute atomic E-state index is 13.0. The second kappa shape index (κ2) is 6.89. The van der Waals surface area contributed by atoms with E-state index in [1.807, 2.05) is 19.9 Å². The molecule has 0 radical (unpaired) electrons. The third-order valence-corrected chi connectivity index (χ3v) is 5.03. The zero-order valence-corrected chi connectivity index (χ0v) is 15.2. The minimum atomic E-state index is -0.240. The summed E-state index contributed by atoms with van der Waals surface area (Å²) in [5.74, 6) is -0.0597. The minimum absolute atomic E-state index is 0.0839. The molecule has 0 spiro atoms. The van der Waals surface area contributed by atoms with Crippen molar-refractivity contribution in [3.8, 4) is 0 Å². The van der Waals surface area contributed by atoms with Gasteiger partial charge in [0.05, 0.1) is 10.2 Å². The molecule has 0 fully saturated rings. The lowest BCUT2D eigenvalue weighted by atomic mass is 9.99. The molecule has 3 rings (SSSR count). The van der Waals surface area contributed by atoms with Crippen LogP contribution < -0.4 is 0 Å². The predicted molar refractivity (Wildman–Crippen MR) is 95.3 cm³/mol. The maximum Gasteiger partial charge on any atom is 0.275 e. The van der Waals surface area contributed by atoms with Gasteiger partial charge in [-0.05, 0) is 51.5 Å². The summed E-state index contributed by atoms with van der Waals surface area (Å²) in [6.07, 6.45) is 2.77. The Labute approximate surface area is 148 Å². The summed E-state index contributed by atoms with van der Waals surface area (Å²) in [5, 5.41) is 7.11. The Kier molecular flexibility index (Phi) is 4.85. The van der Waals surface area contributed by atoms with Crippen molar-refractivity contribution in [2.45, 2.75) is 26.2 Å². The van der Waals surface area contributed by atoms with Crippen molar-refractivity contribution in [2.75, 3.05) is 13.1 Å². The van der Waals surface area contributed by atoms with Crippen molar-refractivity contribution in [1.82, 2.24) is 15.1 Å². The normalized spacial score (nSPS) is 14.9. The number of aromatic amines is 1. The molecule has 0 aliphatic carbocycles. The van der Waals surface area contributed by atoms with Gasteiger partial charge in [0, 0.05) is 13.1 Å². The van der Waals surface area contributed by atoms with E-state index in [1.54, 1.807) is 17.0 Å². The van der Waals surface area contributed by atoms with Crippen LogP contribution in [0.15, 0.2) is 34.8 Å². The first-order valence-corrected chi connectivity index (χ1v) is 8.74. The first-order valence-electron chi connectivity index (χ1n) is 7.95. The van der Waals surface area contributed by atoms with Crippen LogP contribution in [0, 0.1) is 5.82 Å². The topological polar surface area (TPSA) is 49.0 Å². The van der Waals surface area contributed by atoms with Gasteiger partial charge < -0.3 is 4.90 Å². The molecule has 0 unspecified atom stereocenters. The van der Waals surface area contributed by atoms with Gasteiger partial charge in [0.25, 0.3) is 5.91 Å². The Bertz CT molecular complexity index is 780. The van der Waals surface area contributed by atoms with E-state index < -0.39 is 0 Å². The van der Waals surface area contributed by atoms with E-state index in [9.17, 15) is 9.18 Å². The number of hydrogen-bond donors (Lipinski definition) is 1. The van der Waals surface area contributed by atoms with Crippen LogP contribution in [0.1, 0.15) is 47.9 Å². The Balaban J connectivity index is 1.74. The number of nitrogens with one attached hydrogen (secondary N) is 1. The maximum atomic E-state index is 13.0. The van der Waals surface area contributed by atoms with Gasteiger partial charge in [0.2, 0.25) is 0 Å². The highest BCUT2D eigenvalue weighted by atomic mass is 79.9. The number of carbonyl (C=O) groups is 1. The van der Waals surface area contributed by atoms with E-state index in [1.165, 1.54) is 12.1 Å². The van der Waals surface area contributed by atoms with Gasteiger partial charge in [0.1, 0.15) is 5.82 Å². The Morgan fingerprint density at radius 3 is 2.58 bits per heavy atom. The molecule has 24 heavy (non-hydrogen) atoms. The van der Waals surface area contributed by atoms with E-state index in [2.05, 4.69) is 26.1 Å². The zero-order chi connectivity index (χ0) is 17.3. The van der Waals surface area contributed by atoms with Gasteiger partial charge in [-0.25, -0.2) is 4.39 Å². The van der Waals surface area contributed by atoms with Gasteiger partial charge in [-0.15, -0.1) is 0 Å². The fraction of sp³-hybridized carbons (Fsp3) is 0.333. The summed E-state index contributed by atoms with van der Waals surface area (Å²) < 4.78 is 13.8. The minimum Gasteiger partial charge on any atom is -0.333 e. The lowest BCUT2D eigenvalue weighted by molar-refractivity contribution is 0.0766. The second-order valence-corrected chi connectivity index (χ2v) is 6.98. The second-order valence-electron chi connectivity index (χ2n) is 6.19. The number of halogens is 2. The third kappa shape index (κ3) is 3.29. The number of benzene rings is 1. The summed E-state index contributed by atoms with van der Waals surface area (Å²) in [6, 6.07) is 6.47. The number of amides is 1. The average molecular weight is 392 g/mol. The molecule has 2 heterocycles. The Morgan fingerprint density at radius 1 is 1.33 bits per heavy atom. The van der Waals surface area contributed by atoms with Gasteiger partial charge in [0.15, 0.2) is 5.69 Å². The molecular formula is C18H19BrFN3O. The summed E-state index contributed by atoms with van der Waals surface area (Å²) >= 11 is 3.48. The summed E-state index contributed by atoms with van der Waals surface area (Å²) in [7, 11) is 0. The first-order chi connectivity index (χ1) is 11.5. The van der Waals surface area contributed by atoms with Crippen molar-refractivity contribution < 1.29 is 9.18 Å². The van der Waals surface area contributed by atoms with Crippen LogP contribution in [0.5, 0.6) is 0 Å². The summed E-state index contributed by atoms with van der Waals surface area (Å²) in [4.78, 5) is 14.5. The molecule has 0 atom stereocenters. The fourth-order valence-electron chi connectivity index (χ4n) is 2.80. The smallest absolute Gasteiger partial charge is 0.275 e. The summed E-state index contributed by atoms with van der Waals surface area (Å²) in [5.41, 5.74) is 3.50. The largest absolute Gasteiger partial charge is 0.333 e. The van der Waals surface area contributed by atoms with Crippen molar-refractivity contribution >= 4 is 27.4 Å².